The fraction of sp³-hybridized carbons (Fsp3) is 0.250. The zero-order valence-corrected chi connectivity index (χ0v) is 14.8. The van der Waals surface area contributed by atoms with Crippen LogP contribution in [0.1, 0.15) is 36.2 Å². The van der Waals surface area contributed by atoms with E-state index in [0.29, 0.717) is 16.9 Å². The van der Waals surface area contributed by atoms with Crippen LogP contribution in [0.2, 0.25) is 0 Å². The molecule has 1 heterocycles. The minimum Gasteiger partial charge on any atom is -0.326 e. The number of nitrogens with zero attached hydrogens (tertiary/aromatic N) is 1. The fourth-order valence-corrected chi connectivity index (χ4v) is 3.11. The summed E-state index contributed by atoms with van der Waals surface area (Å²) >= 11 is 0. The quantitative estimate of drug-likeness (QED) is 0.891. The fourth-order valence-electron chi connectivity index (χ4n) is 3.11. The van der Waals surface area contributed by atoms with E-state index in [1.165, 1.54) is 6.92 Å². The Morgan fingerprint density at radius 1 is 0.923 bits per heavy atom. The van der Waals surface area contributed by atoms with E-state index in [-0.39, 0.29) is 17.7 Å². The molecule has 0 aromatic heterocycles. The van der Waals surface area contributed by atoms with Crippen LogP contribution in [0.4, 0.5) is 17.1 Å². The first-order valence-corrected chi connectivity index (χ1v) is 8.54. The number of fused-ring (bicyclic) bond motifs is 1. The van der Waals surface area contributed by atoms with Crippen molar-refractivity contribution in [1.29, 1.82) is 0 Å². The van der Waals surface area contributed by atoms with Gasteiger partial charge in [0, 0.05) is 43.0 Å². The van der Waals surface area contributed by atoms with Gasteiger partial charge < -0.3 is 15.5 Å². The average Bonchev–Trinajstić information content (AvgIpc) is 2.61. The van der Waals surface area contributed by atoms with Gasteiger partial charge in [0.15, 0.2) is 0 Å². The first-order chi connectivity index (χ1) is 12.4. The first kappa shape index (κ1) is 17.7. The number of benzene rings is 2. The van der Waals surface area contributed by atoms with Gasteiger partial charge in [-0.1, -0.05) is 0 Å². The van der Waals surface area contributed by atoms with E-state index in [0.717, 1.165) is 30.6 Å². The summed E-state index contributed by atoms with van der Waals surface area (Å²) in [7, 11) is 0. The summed E-state index contributed by atoms with van der Waals surface area (Å²) < 4.78 is 0. The van der Waals surface area contributed by atoms with Crippen molar-refractivity contribution in [2.24, 2.45) is 0 Å². The van der Waals surface area contributed by atoms with E-state index in [1.54, 1.807) is 36.1 Å². The third-order valence-corrected chi connectivity index (χ3v) is 4.30. The predicted molar refractivity (Wildman–Crippen MR) is 101 cm³/mol. The van der Waals surface area contributed by atoms with Gasteiger partial charge in [-0.2, -0.15) is 0 Å². The molecule has 0 fully saturated rings. The number of rotatable bonds is 3. The van der Waals surface area contributed by atoms with Crippen molar-refractivity contribution >= 4 is 34.8 Å². The molecule has 0 atom stereocenters. The van der Waals surface area contributed by atoms with Crippen molar-refractivity contribution in [1.82, 2.24) is 0 Å². The largest absolute Gasteiger partial charge is 0.326 e. The van der Waals surface area contributed by atoms with Gasteiger partial charge in [0.25, 0.3) is 5.91 Å². The molecular weight excluding hydrogens is 330 g/mol. The van der Waals surface area contributed by atoms with Crippen molar-refractivity contribution in [2.45, 2.75) is 26.7 Å². The topological polar surface area (TPSA) is 78.5 Å². The SMILES string of the molecule is CC(=O)Nc1ccc(C(=O)Nc2ccc3c(c2)CCCN3C(C)=O)cc1. The summed E-state index contributed by atoms with van der Waals surface area (Å²) in [5.74, 6) is -0.351. The Morgan fingerprint density at radius 2 is 1.62 bits per heavy atom. The lowest BCUT2D eigenvalue weighted by Crippen LogP contribution is -2.33. The lowest BCUT2D eigenvalue weighted by molar-refractivity contribution is -0.116. The molecule has 2 aromatic carbocycles. The zero-order chi connectivity index (χ0) is 18.7. The summed E-state index contributed by atoms with van der Waals surface area (Å²) in [6.07, 6.45) is 1.79. The summed E-state index contributed by atoms with van der Waals surface area (Å²) in [5.41, 5.74) is 3.83. The maximum Gasteiger partial charge on any atom is 0.255 e. The van der Waals surface area contributed by atoms with Gasteiger partial charge in [-0.15, -0.1) is 0 Å². The molecule has 1 aliphatic heterocycles. The third kappa shape index (κ3) is 3.91. The van der Waals surface area contributed by atoms with Gasteiger partial charge in [0.05, 0.1) is 0 Å². The molecule has 6 nitrogen and oxygen atoms in total. The van der Waals surface area contributed by atoms with Crippen molar-refractivity contribution in [3.8, 4) is 0 Å². The minimum absolute atomic E-state index is 0.0296. The van der Waals surface area contributed by atoms with Gasteiger partial charge in [-0.25, -0.2) is 0 Å². The van der Waals surface area contributed by atoms with Crippen LogP contribution in [0.25, 0.3) is 0 Å². The summed E-state index contributed by atoms with van der Waals surface area (Å²) in [5, 5.41) is 5.55. The van der Waals surface area contributed by atoms with Crippen LogP contribution in [0.5, 0.6) is 0 Å². The van der Waals surface area contributed by atoms with E-state index < -0.39 is 0 Å². The summed E-state index contributed by atoms with van der Waals surface area (Å²) in [6, 6.07) is 12.3. The number of aryl methyl sites for hydroxylation is 1. The molecule has 0 saturated carbocycles. The van der Waals surface area contributed by atoms with Crippen molar-refractivity contribution in [3.63, 3.8) is 0 Å². The molecule has 0 saturated heterocycles. The second-order valence-corrected chi connectivity index (χ2v) is 6.33. The standard InChI is InChI=1S/C20H21N3O3/c1-13(24)21-17-7-5-15(6-8-17)20(26)22-18-9-10-19-16(12-18)4-3-11-23(19)14(2)25/h5-10,12H,3-4,11H2,1-2H3,(H,21,24)(H,22,26). The molecule has 3 rings (SSSR count). The van der Waals surface area contributed by atoms with Crippen LogP contribution in [0.3, 0.4) is 0 Å². The van der Waals surface area contributed by atoms with E-state index >= 15 is 0 Å². The van der Waals surface area contributed by atoms with Crippen LogP contribution in [-0.4, -0.2) is 24.3 Å². The molecule has 0 bridgehead atoms. The van der Waals surface area contributed by atoms with Gasteiger partial charge in [0.2, 0.25) is 11.8 Å². The lowest BCUT2D eigenvalue weighted by Gasteiger charge is -2.29. The van der Waals surface area contributed by atoms with Crippen molar-refractivity contribution < 1.29 is 14.4 Å². The highest BCUT2D eigenvalue weighted by Crippen LogP contribution is 2.30. The maximum atomic E-state index is 12.4. The van der Waals surface area contributed by atoms with Gasteiger partial charge in [-0.05, 0) is 60.9 Å². The maximum absolute atomic E-state index is 12.4. The molecule has 134 valence electrons. The molecule has 0 radical (unpaired) electrons. The molecule has 1 aliphatic rings. The minimum atomic E-state index is -0.224. The molecule has 2 N–H and O–H groups in total. The van der Waals surface area contributed by atoms with Crippen LogP contribution < -0.4 is 15.5 Å². The normalized spacial score (nSPS) is 12.9. The van der Waals surface area contributed by atoms with Crippen molar-refractivity contribution in [2.75, 3.05) is 22.1 Å². The number of carbonyl (C=O) groups excluding carboxylic acids is 3. The second-order valence-electron chi connectivity index (χ2n) is 6.33. The van der Waals surface area contributed by atoms with Gasteiger partial charge >= 0.3 is 0 Å². The second kappa shape index (κ2) is 7.39. The van der Waals surface area contributed by atoms with E-state index in [9.17, 15) is 14.4 Å². The number of anilines is 3. The number of nitrogens with one attached hydrogen (secondary N) is 2. The predicted octanol–water partition coefficient (Wildman–Crippen LogP) is 3.20. The van der Waals surface area contributed by atoms with E-state index in [1.807, 2.05) is 18.2 Å². The molecule has 0 spiro atoms. The molecule has 26 heavy (non-hydrogen) atoms. The number of hydrogen-bond donors (Lipinski definition) is 2. The zero-order valence-electron chi connectivity index (χ0n) is 14.8. The Kier molecular flexibility index (Phi) is 5.02. The Morgan fingerprint density at radius 3 is 2.27 bits per heavy atom. The smallest absolute Gasteiger partial charge is 0.255 e. The Balaban J connectivity index is 1.73. The summed E-state index contributed by atoms with van der Waals surface area (Å²) in [4.78, 5) is 37.0. The van der Waals surface area contributed by atoms with E-state index in [4.69, 9.17) is 0 Å². The third-order valence-electron chi connectivity index (χ3n) is 4.30. The van der Waals surface area contributed by atoms with Crippen LogP contribution in [0, 0.1) is 0 Å². The van der Waals surface area contributed by atoms with Crippen LogP contribution in [-0.2, 0) is 16.0 Å². The molecule has 0 aliphatic carbocycles. The highest BCUT2D eigenvalue weighted by molar-refractivity contribution is 6.05. The summed E-state index contributed by atoms with van der Waals surface area (Å²) in [6.45, 7) is 3.73. The Bertz CT molecular complexity index is 859. The average molecular weight is 351 g/mol. The van der Waals surface area contributed by atoms with Crippen molar-refractivity contribution in [3.05, 3.63) is 53.6 Å². The first-order valence-electron chi connectivity index (χ1n) is 8.54. The Labute approximate surface area is 152 Å². The number of carbonyl (C=O) groups is 3. The highest BCUT2D eigenvalue weighted by Gasteiger charge is 2.20. The molecule has 3 amide bonds. The Hall–Kier alpha value is -3.15. The van der Waals surface area contributed by atoms with Gasteiger partial charge in [-0.3, -0.25) is 14.4 Å². The molecule has 2 aromatic rings. The molecule has 6 heteroatoms. The van der Waals surface area contributed by atoms with E-state index in [2.05, 4.69) is 10.6 Å². The van der Waals surface area contributed by atoms with Gasteiger partial charge in [0.1, 0.15) is 0 Å². The number of hydrogen-bond acceptors (Lipinski definition) is 3. The van der Waals surface area contributed by atoms with Crippen LogP contribution >= 0.6 is 0 Å². The highest BCUT2D eigenvalue weighted by atomic mass is 16.2. The number of amides is 3. The van der Waals surface area contributed by atoms with Crippen LogP contribution in [0.15, 0.2) is 42.5 Å². The monoisotopic (exact) mass is 351 g/mol. The molecular formula is C20H21N3O3. The lowest BCUT2D eigenvalue weighted by atomic mass is 10.0. The molecule has 0 unspecified atom stereocenters.